The molecule has 0 saturated heterocycles. The molecule has 8 heteroatoms. The van der Waals surface area contributed by atoms with Crippen LogP contribution in [0, 0.1) is 0 Å². The number of amides is 1. The number of fused-ring (bicyclic) bond motifs is 1. The predicted molar refractivity (Wildman–Crippen MR) is 75.3 cm³/mol. The zero-order valence-corrected chi connectivity index (χ0v) is 10.9. The first kappa shape index (κ1) is 14.6. The third-order valence-electron chi connectivity index (χ3n) is 2.69. The number of ether oxygens (including phenoxy) is 1. The highest BCUT2D eigenvalue weighted by Gasteiger charge is 2.07. The maximum absolute atomic E-state index is 11.8. The van der Waals surface area contributed by atoms with Gasteiger partial charge in [0.1, 0.15) is 12.4 Å². The normalized spacial score (nSPS) is 10.3. The van der Waals surface area contributed by atoms with Gasteiger partial charge >= 0.3 is 5.97 Å². The molecule has 0 atom stereocenters. The third kappa shape index (κ3) is 3.62. The number of hydrogen-bond donors (Lipinski definition) is 2. The Balaban J connectivity index is 2.20. The van der Waals surface area contributed by atoms with E-state index in [1.807, 2.05) is 0 Å². The molecule has 0 bridgehead atoms. The zero-order chi connectivity index (χ0) is 15.4. The van der Waals surface area contributed by atoms with Crippen LogP contribution in [-0.2, 0) is 0 Å². The summed E-state index contributed by atoms with van der Waals surface area (Å²) in [6.07, 6.45) is 1.45. The van der Waals surface area contributed by atoms with Crippen molar-refractivity contribution in [2.24, 2.45) is 0 Å². The first-order valence-corrected chi connectivity index (χ1v) is 6.03. The molecule has 0 unspecified atom stereocenters. The fourth-order valence-corrected chi connectivity index (χ4v) is 1.76. The summed E-state index contributed by atoms with van der Waals surface area (Å²) in [6, 6.07) is 5.60. The second kappa shape index (κ2) is 6.12. The van der Waals surface area contributed by atoms with Gasteiger partial charge in [0.25, 0.3) is 5.56 Å². The van der Waals surface area contributed by atoms with Crippen molar-refractivity contribution in [3.05, 3.63) is 46.4 Å². The largest absolute Gasteiger partial charge is 0.490 e. The van der Waals surface area contributed by atoms with Crippen LogP contribution in [0.25, 0.3) is 5.52 Å². The number of aromatic nitrogens is 1. The van der Waals surface area contributed by atoms with Crippen molar-refractivity contribution >= 4 is 25.1 Å². The molecule has 1 amide bonds. The number of rotatable bonds is 5. The lowest BCUT2D eigenvalue weighted by Gasteiger charge is -2.08. The van der Waals surface area contributed by atoms with Crippen LogP contribution < -0.4 is 15.6 Å². The van der Waals surface area contributed by atoms with Gasteiger partial charge < -0.3 is 15.2 Å². The number of hydrogen-bond acceptors (Lipinski definition) is 4. The second-order valence-electron chi connectivity index (χ2n) is 4.19. The average Bonchev–Trinajstić information content (AvgIpc) is 2.43. The summed E-state index contributed by atoms with van der Waals surface area (Å²) in [5, 5.41) is 11.3. The van der Waals surface area contributed by atoms with Gasteiger partial charge in [-0.15, -0.1) is 0 Å². The van der Waals surface area contributed by atoms with Gasteiger partial charge in [-0.1, -0.05) is 0 Å². The fraction of sp³-hybridized carbons (Fsp3) is 0.154. The smallest absolute Gasteiger partial charge is 0.335 e. The van der Waals surface area contributed by atoms with E-state index in [1.165, 1.54) is 16.7 Å². The quantitative estimate of drug-likeness (QED) is 0.606. The van der Waals surface area contributed by atoms with E-state index in [-0.39, 0.29) is 18.7 Å². The minimum absolute atomic E-state index is 0.0701. The summed E-state index contributed by atoms with van der Waals surface area (Å²) < 4.78 is 6.63. The van der Waals surface area contributed by atoms with Crippen molar-refractivity contribution in [1.29, 1.82) is 0 Å². The molecule has 2 aromatic rings. The van der Waals surface area contributed by atoms with Crippen molar-refractivity contribution in [2.45, 2.75) is 0 Å². The molecule has 106 valence electrons. The fourth-order valence-electron chi connectivity index (χ4n) is 1.76. The van der Waals surface area contributed by atoms with E-state index < -0.39 is 17.3 Å². The van der Waals surface area contributed by atoms with Gasteiger partial charge in [-0.3, -0.25) is 14.0 Å². The van der Waals surface area contributed by atoms with Crippen molar-refractivity contribution in [2.75, 3.05) is 13.2 Å². The molecule has 2 radical (unpaired) electrons. The van der Waals surface area contributed by atoms with Gasteiger partial charge in [0.05, 0.1) is 18.3 Å². The number of aromatic carboxylic acids is 1. The summed E-state index contributed by atoms with van der Waals surface area (Å²) in [4.78, 5) is 33.2. The molecular formula is C13H11BN2O5. The number of carbonyl (C=O) groups is 2. The number of pyridine rings is 2. The van der Waals surface area contributed by atoms with Crippen LogP contribution >= 0.6 is 0 Å². The molecule has 21 heavy (non-hydrogen) atoms. The van der Waals surface area contributed by atoms with Gasteiger partial charge in [-0.25, -0.2) is 4.79 Å². The molecule has 0 aliphatic carbocycles. The van der Waals surface area contributed by atoms with Crippen molar-refractivity contribution in [3.63, 3.8) is 0 Å². The maximum Gasteiger partial charge on any atom is 0.335 e. The third-order valence-corrected chi connectivity index (χ3v) is 2.69. The van der Waals surface area contributed by atoms with E-state index in [1.54, 1.807) is 12.1 Å². The summed E-state index contributed by atoms with van der Waals surface area (Å²) >= 11 is 0. The molecular weight excluding hydrogens is 275 g/mol. The van der Waals surface area contributed by atoms with Crippen molar-refractivity contribution in [3.8, 4) is 5.75 Å². The molecule has 2 rings (SSSR count). The lowest BCUT2D eigenvalue weighted by molar-refractivity contribution is 0.0696. The Labute approximate surface area is 120 Å². The van der Waals surface area contributed by atoms with Crippen LogP contribution in [0.2, 0.25) is 0 Å². The summed E-state index contributed by atoms with van der Waals surface area (Å²) in [5.41, 5.74) is -0.0903. The Morgan fingerprint density at radius 2 is 2.10 bits per heavy atom. The van der Waals surface area contributed by atoms with E-state index in [9.17, 15) is 14.4 Å². The number of carboxylic acid groups (broad SMARTS) is 1. The molecule has 0 aliphatic heterocycles. The molecule has 7 nitrogen and oxygen atoms in total. The predicted octanol–water partition coefficient (Wildman–Crippen LogP) is 0.255. The molecule has 0 aromatic carbocycles. The van der Waals surface area contributed by atoms with Crippen LogP contribution in [0.5, 0.6) is 5.75 Å². The monoisotopic (exact) mass is 286 g/mol. The molecule has 2 N–H and O–H groups in total. The van der Waals surface area contributed by atoms with Crippen LogP contribution in [0.1, 0.15) is 10.4 Å². The first-order valence-electron chi connectivity index (χ1n) is 6.03. The highest BCUT2D eigenvalue weighted by Crippen LogP contribution is 2.13. The highest BCUT2D eigenvalue weighted by molar-refractivity contribution is 6.57. The average molecular weight is 286 g/mol. The molecule has 2 heterocycles. The SMILES string of the molecule is [B]C(=O)NCCOc1ccc2cc(C(=O)O)cc(=O)n2c1. The van der Waals surface area contributed by atoms with E-state index in [2.05, 4.69) is 5.32 Å². The van der Waals surface area contributed by atoms with Gasteiger partial charge in [-0.2, -0.15) is 0 Å². The highest BCUT2D eigenvalue weighted by atomic mass is 16.5. The Kier molecular flexibility index (Phi) is 4.27. The van der Waals surface area contributed by atoms with Gasteiger partial charge in [-0.05, 0) is 18.2 Å². The number of nitrogens with zero attached hydrogens (tertiary/aromatic N) is 1. The Hall–Kier alpha value is -2.77. The lowest BCUT2D eigenvalue weighted by atomic mass is 10.1. The minimum atomic E-state index is -1.16. The Morgan fingerprint density at radius 1 is 1.33 bits per heavy atom. The van der Waals surface area contributed by atoms with Gasteiger partial charge in [0.15, 0.2) is 13.7 Å². The Morgan fingerprint density at radius 3 is 2.76 bits per heavy atom. The van der Waals surface area contributed by atoms with Crippen LogP contribution in [0.3, 0.4) is 0 Å². The number of carboxylic acids is 1. The topological polar surface area (TPSA) is 97.1 Å². The van der Waals surface area contributed by atoms with Crippen molar-refractivity contribution in [1.82, 2.24) is 9.72 Å². The number of nitrogens with one attached hydrogen (secondary N) is 1. The maximum atomic E-state index is 11.8. The van der Waals surface area contributed by atoms with E-state index in [4.69, 9.17) is 17.7 Å². The first-order chi connectivity index (χ1) is 9.97. The minimum Gasteiger partial charge on any atom is -0.490 e. The lowest BCUT2D eigenvalue weighted by Crippen LogP contribution is -2.26. The Bertz CT molecular complexity index is 756. The summed E-state index contributed by atoms with van der Waals surface area (Å²) in [6.45, 7) is 0.427. The summed E-state index contributed by atoms with van der Waals surface area (Å²) in [5.74, 6) is -1.39. The van der Waals surface area contributed by atoms with Crippen molar-refractivity contribution < 1.29 is 19.4 Å². The molecule has 0 fully saturated rings. The number of carbonyl (C=O) groups excluding carboxylic acids is 1. The van der Waals surface area contributed by atoms with Crippen LogP contribution in [-0.4, -0.2) is 42.3 Å². The second-order valence-corrected chi connectivity index (χ2v) is 4.19. The van der Waals surface area contributed by atoms with Crippen LogP contribution in [0.15, 0.2) is 35.3 Å². The van der Waals surface area contributed by atoms with Gasteiger partial charge in [0, 0.05) is 11.6 Å². The van der Waals surface area contributed by atoms with E-state index in [0.29, 0.717) is 11.3 Å². The molecule has 0 saturated carbocycles. The zero-order valence-electron chi connectivity index (χ0n) is 10.9. The van der Waals surface area contributed by atoms with Gasteiger partial charge in [0.2, 0.25) is 0 Å². The molecule has 0 spiro atoms. The van der Waals surface area contributed by atoms with E-state index >= 15 is 0 Å². The van der Waals surface area contributed by atoms with Crippen LogP contribution in [0.4, 0.5) is 4.79 Å². The molecule has 0 aliphatic rings. The molecule has 2 aromatic heterocycles. The standard InChI is InChI=1S/C13H11BN2O5/c14-13(20)15-3-4-21-10-2-1-9-5-8(12(18)19)6-11(17)16(9)7-10/h1-2,5-7H,3-4H2,(H,15,20)(H,18,19). The summed E-state index contributed by atoms with van der Waals surface area (Å²) in [7, 11) is 4.91. The van der Waals surface area contributed by atoms with E-state index in [0.717, 1.165) is 6.07 Å².